The lowest BCUT2D eigenvalue weighted by Gasteiger charge is -2.16. The van der Waals surface area contributed by atoms with Crippen molar-refractivity contribution >= 4 is 0 Å². The maximum atomic E-state index is 9.01. The molecule has 0 aliphatic rings. The van der Waals surface area contributed by atoms with Crippen molar-refractivity contribution in [3.8, 4) is 11.1 Å². The molecule has 3 aromatic rings. The Morgan fingerprint density at radius 1 is 0.486 bits per heavy atom. The monoisotopic (exact) mass is 470 g/mol. The van der Waals surface area contributed by atoms with Crippen LogP contribution < -0.4 is 0 Å². The molecule has 0 bridgehead atoms. The first-order chi connectivity index (χ1) is 17.2. The SMILES string of the molecule is CCCCCc1ccc(CCc2ccc(-c3ccc(CCCCCO)cc3CC)c(CC)c2)cc1. The van der Waals surface area contributed by atoms with Gasteiger partial charge in [-0.2, -0.15) is 0 Å². The summed E-state index contributed by atoms with van der Waals surface area (Å²) in [6.45, 7) is 7.12. The van der Waals surface area contributed by atoms with E-state index in [1.165, 1.54) is 70.2 Å². The van der Waals surface area contributed by atoms with Gasteiger partial charge in [-0.25, -0.2) is 0 Å². The Kier molecular flexibility index (Phi) is 11.6. The van der Waals surface area contributed by atoms with Crippen LogP contribution in [-0.2, 0) is 38.5 Å². The van der Waals surface area contributed by atoms with Crippen molar-refractivity contribution in [3.05, 3.63) is 94.0 Å². The van der Waals surface area contributed by atoms with Crippen LogP contribution in [0, 0.1) is 0 Å². The lowest BCUT2D eigenvalue weighted by molar-refractivity contribution is 0.283. The van der Waals surface area contributed by atoms with E-state index in [0.29, 0.717) is 6.61 Å². The lowest BCUT2D eigenvalue weighted by Crippen LogP contribution is -1.98. The summed E-state index contributed by atoms with van der Waals surface area (Å²) >= 11 is 0. The van der Waals surface area contributed by atoms with Gasteiger partial charge < -0.3 is 5.11 Å². The average Bonchev–Trinajstić information content (AvgIpc) is 2.90. The first-order valence-corrected chi connectivity index (χ1v) is 14.1. The largest absolute Gasteiger partial charge is 0.396 e. The molecule has 0 amide bonds. The molecule has 0 saturated heterocycles. The molecule has 0 fully saturated rings. The Bertz CT molecular complexity index is 1020. The molecule has 0 radical (unpaired) electrons. The number of aryl methyl sites for hydroxylation is 6. The minimum atomic E-state index is 0.306. The number of benzene rings is 3. The quantitative estimate of drug-likeness (QED) is 0.220. The smallest absolute Gasteiger partial charge is 0.0431 e. The topological polar surface area (TPSA) is 20.2 Å². The highest BCUT2D eigenvalue weighted by atomic mass is 16.2. The molecular weight excluding hydrogens is 424 g/mol. The van der Waals surface area contributed by atoms with Gasteiger partial charge in [0.25, 0.3) is 0 Å². The molecule has 0 unspecified atom stereocenters. The Balaban J connectivity index is 1.66. The third-order valence-corrected chi connectivity index (χ3v) is 7.31. The number of aliphatic hydroxyl groups is 1. The van der Waals surface area contributed by atoms with E-state index in [1.807, 2.05) is 0 Å². The van der Waals surface area contributed by atoms with Gasteiger partial charge >= 0.3 is 0 Å². The molecule has 0 saturated carbocycles. The predicted octanol–water partition coefficient (Wildman–Crippen LogP) is 8.70. The highest BCUT2D eigenvalue weighted by molar-refractivity contribution is 5.71. The fourth-order valence-electron chi connectivity index (χ4n) is 5.07. The highest BCUT2D eigenvalue weighted by Crippen LogP contribution is 2.30. The summed E-state index contributed by atoms with van der Waals surface area (Å²) in [5.41, 5.74) is 11.5. The van der Waals surface area contributed by atoms with Crippen molar-refractivity contribution in [1.82, 2.24) is 0 Å². The Labute approximate surface area is 214 Å². The third kappa shape index (κ3) is 8.36. The number of unbranched alkanes of at least 4 members (excludes halogenated alkanes) is 4. The summed E-state index contributed by atoms with van der Waals surface area (Å²) in [5.74, 6) is 0. The van der Waals surface area contributed by atoms with Crippen molar-refractivity contribution in [2.24, 2.45) is 0 Å². The van der Waals surface area contributed by atoms with Crippen molar-refractivity contribution in [2.45, 2.75) is 97.8 Å². The van der Waals surface area contributed by atoms with Gasteiger partial charge in [0.15, 0.2) is 0 Å². The van der Waals surface area contributed by atoms with Gasteiger partial charge in [0.1, 0.15) is 0 Å². The fraction of sp³-hybridized carbons (Fsp3) is 0.471. The van der Waals surface area contributed by atoms with Crippen molar-refractivity contribution in [1.29, 1.82) is 0 Å². The predicted molar refractivity (Wildman–Crippen MR) is 152 cm³/mol. The molecule has 3 aromatic carbocycles. The maximum Gasteiger partial charge on any atom is 0.0431 e. The summed E-state index contributed by atoms with van der Waals surface area (Å²) in [4.78, 5) is 0. The number of hydrogen-bond donors (Lipinski definition) is 1. The molecule has 0 aromatic heterocycles. The second-order valence-electron chi connectivity index (χ2n) is 10.00. The third-order valence-electron chi connectivity index (χ3n) is 7.31. The Morgan fingerprint density at radius 2 is 0.943 bits per heavy atom. The van der Waals surface area contributed by atoms with E-state index in [9.17, 15) is 0 Å². The second-order valence-corrected chi connectivity index (χ2v) is 10.00. The van der Waals surface area contributed by atoms with Crippen LogP contribution in [0.3, 0.4) is 0 Å². The first kappa shape index (κ1) is 27.2. The Morgan fingerprint density at radius 3 is 1.49 bits per heavy atom. The van der Waals surface area contributed by atoms with E-state index < -0.39 is 0 Å². The zero-order valence-corrected chi connectivity index (χ0v) is 22.4. The molecule has 0 heterocycles. The van der Waals surface area contributed by atoms with Crippen LogP contribution in [0.1, 0.15) is 92.7 Å². The van der Waals surface area contributed by atoms with Crippen LogP contribution in [0.4, 0.5) is 0 Å². The van der Waals surface area contributed by atoms with E-state index in [0.717, 1.165) is 51.4 Å². The Hall–Kier alpha value is -2.38. The molecule has 188 valence electrons. The van der Waals surface area contributed by atoms with Gasteiger partial charge in [-0.15, -0.1) is 0 Å². The number of aliphatic hydroxyl groups excluding tert-OH is 1. The maximum absolute atomic E-state index is 9.01. The van der Waals surface area contributed by atoms with Gasteiger partial charge in [0.05, 0.1) is 0 Å². The van der Waals surface area contributed by atoms with Crippen LogP contribution >= 0.6 is 0 Å². The fourth-order valence-corrected chi connectivity index (χ4v) is 5.07. The molecule has 1 nitrogen and oxygen atoms in total. The minimum absolute atomic E-state index is 0.306. The van der Waals surface area contributed by atoms with E-state index in [4.69, 9.17) is 5.11 Å². The van der Waals surface area contributed by atoms with Crippen LogP contribution in [-0.4, -0.2) is 11.7 Å². The van der Waals surface area contributed by atoms with E-state index in [-0.39, 0.29) is 0 Å². The van der Waals surface area contributed by atoms with Crippen LogP contribution in [0.5, 0.6) is 0 Å². The first-order valence-electron chi connectivity index (χ1n) is 14.1. The zero-order chi connectivity index (χ0) is 24.9. The van der Waals surface area contributed by atoms with Crippen LogP contribution in [0.15, 0.2) is 60.7 Å². The van der Waals surface area contributed by atoms with Gasteiger partial charge in [-0.3, -0.25) is 0 Å². The zero-order valence-electron chi connectivity index (χ0n) is 22.4. The van der Waals surface area contributed by atoms with Crippen LogP contribution in [0.2, 0.25) is 0 Å². The lowest BCUT2D eigenvalue weighted by atomic mass is 9.89. The number of rotatable bonds is 15. The molecule has 1 heteroatoms. The minimum Gasteiger partial charge on any atom is -0.396 e. The van der Waals surface area contributed by atoms with E-state index in [2.05, 4.69) is 81.4 Å². The van der Waals surface area contributed by atoms with Gasteiger partial charge in [-0.1, -0.05) is 101 Å². The summed E-state index contributed by atoms with van der Waals surface area (Å²) in [6, 6.07) is 23.5. The average molecular weight is 471 g/mol. The van der Waals surface area contributed by atoms with Crippen molar-refractivity contribution < 1.29 is 5.11 Å². The summed E-state index contributed by atoms with van der Waals surface area (Å²) < 4.78 is 0. The molecule has 0 atom stereocenters. The van der Waals surface area contributed by atoms with E-state index >= 15 is 0 Å². The van der Waals surface area contributed by atoms with Gasteiger partial charge in [0, 0.05) is 6.61 Å². The number of hydrogen-bond acceptors (Lipinski definition) is 1. The summed E-state index contributed by atoms with van der Waals surface area (Å²) in [6.07, 6.45) is 13.7. The van der Waals surface area contributed by atoms with Crippen molar-refractivity contribution in [2.75, 3.05) is 6.61 Å². The van der Waals surface area contributed by atoms with Crippen molar-refractivity contribution in [3.63, 3.8) is 0 Å². The standard InChI is InChI=1S/C34H46O/c1-4-7-9-12-27-14-16-28(17-15-27)18-19-30-21-23-34(32(6-3)26-30)33-22-20-29(25-31(33)5-2)13-10-8-11-24-35/h14-17,20-23,25-26,35H,4-13,18-19,24H2,1-3H3. The normalized spacial score (nSPS) is 11.2. The molecule has 35 heavy (non-hydrogen) atoms. The van der Waals surface area contributed by atoms with Gasteiger partial charge in [-0.05, 0) is 102 Å². The second kappa shape index (κ2) is 14.9. The molecular formula is C34H46O. The molecule has 3 rings (SSSR count). The van der Waals surface area contributed by atoms with Gasteiger partial charge in [0.2, 0.25) is 0 Å². The molecule has 0 aliphatic carbocycles. The summed E-state index contributed by atoms with van der Waals surface area (Å²) in [7, 11) is 0. The summed E-state index contributed by atoms with van der Waals surface area (Å²) in [5, 5.41) is 9.01. The van der Waals surface area contributed by atoms with E-state index in [1.54, 1.807) is 0 Å². The van der Waals surface area contributed by atoms with Crippen LogP contribution in [0.25, 0.3) is 11.1 Å². The highest BCUT2D eigenvalue weighted by Gasteiger charge is 2.10. The molecule has 1 N–H and O–H groups in total. The molecule has 0 spiro atoms. The molecule has 0 aliphatic heterocycles.